The molecule has 0 unspecified atom stereocenters. The van der Waals surface area contributed by atoms with Crippen LogP contribution in [0.15, 0.2) is 18.2 Å². The van der Waals surface area contributed by atoms with Crippen LogP contribution in [0.2, 0.25) is 0 Å². The minimum Gasteiger partial charge on any atom is -0.462 e. The van der Waals surface area contributed by atoms with Gasteiger partial charge in [0.15, 0.2) is 0 Å². The maximum atomic E-state index is 12.1. The van der Waals surface area contributed by atoms with Gasteiger partial charge in [-0.3, -0.25) is 0 Å². The molecule has 1 aromatic carbocycles. The monoisotopic (exact) mass is 264 g/mol. The van der Waals surface area contributed by atoms with Gasteiger partial charge in [-0.1, -0.05) is 20.8 Å². The number of benzene rings is 1. The summed E-state index contributed by atoms with van der Waals surface area (Å²) in [6.07, 6.45) is 0.832. The SMILES string of the molecule is CN(C)c1ccc(N)cc1C(=O)OCCC(C)(C)C. The second-order valence-corrected chi connectivity index (χ2v) is 6.12. The molecule has 0 amide bonds. The Kier molecular flexibility index (Phi) is 4.81. The van der Waals surface area contributed by atoms with Crippen molar-refractivity contribution >= 4 is 17.3 Å². The summed E-state index contributed by atoms with van der Waals surface area (Å²) >= 11 is 0. The molecule has 0 atom stereocenters. The van der Waals surface area contributed by atoms with Crippen LogP contribution in [0, 0.1) is 5.41 Å². The summed E-state index contributed by atoms with van der Waals surface area (Å²) in [7, 11) is 3.77. The van der Waals surface area contributed by atoms with E-state index in [1.807, 2.05) is 25.1 Å². The Labute approximate surface area is 115 Å². The molecule has 0 bridgehead atoms. The fraction of sp³-hybridized carbons (Fsp3) is 0.533. The first-order chi connectivity index (χ1) is 8.70. The fourth-order valence-corrected chi connectivity index (χ4v) is 1.63. The lowest BCUT2D eigenvalue weighted by Crippen LogP contribution is -2.17. The molecule has 0 radical (unpaired) electrons. The smallest absolute Gasteiger partial charge is 0.340 e. The topological polar surface area (TPSA) is 55.6 Å². The lowest BCUT2D eigenvalue weighted by atomic mass is 9.93. The third kappa shape index (κ3) is 4.81. The van der Waals surface area contributed by atoms with Gasteiger partial charge in [-0.15, -0.1) is 0 Å². The molecule has 0 aliphatic rings. The highest BCUT2D eigenvalue weighted by molar-refractivity contribution is 5.96. The third-order valence-corrected chi connectivity index (χ3v) is 2.81. The van der Waals surface area contributed by atoms with Crippen molar-refractivity contribution in [3.05, 3.63) is 23.8 Å². The number of hydrogen-bond acceptors (Lipinski definition) is 4. The Balaban J connectivity index is 2.79. The molecule has 0 fully saturated rings. The molecular formula is C15H24N2O2. The maximum Gasteiger partial charge on any atom is 0.340 e. The van der Waals surface area contributed by atoms with Crippen molar-refractivity contribution in [1.29, 1.82) is 0 Å². The van der Waals surface area contributed by atoms with Crippen molar-refractivity contribution in [2.75, 3.05) is 31.3 Å². The van der Waals surface area contributed by atoms with Gasteiger partial charge in [-0.25, -0.2) is 4.79 Å². The minimum absolute atomic E-state index is 0.153. The minimum atomic E-state index is -0.319. The van der Waals surface area contributed by atoms with E-state index in [-0.39, 0.29) is 11.4 Å². The van der Waals surface area contributed by atoms with Gasteiger partial charge in [0.1, 0.15) is 0 Å². The zero-order valence-corrected chi connectivity index (χ0v) is 12.5. The molecule has 0 aliphatic heterocycles. The van der Waals surface area contributed by atoms with Gasteiger partial charge in [0.25, 0.3) is 0 Å². The molecule has 0 aromatic heterocycles. The molecule has 0 heterocycles. The van der Waals surface area contributed by atoms with Crippen molar-refractivity contribution in [3.63, 3.8) is 0 Å². The number of carbonyl (C=O) groups excluding carboxylic acids is 1. The maximum absolute atomic E-state index is 12.1. The normalized spacial score (nSPS) is 11.2. The van der Waals surface area contributed by atoms with Crippen LogP contribution in [0.4, 0.5) is 11.4 Å². The number of hydrogen-bond donors (Lipinski definition) is 1. The summed E-state index contributed by atoms with van der Waals surface area (Å²) in [6, 6.07) is 5.27. The van der Waals surface area contributed by atoms with E-state index >= 15 is 0 Å². The van der Waals surface area contributed by atoms with E-state index in [1.165, 1.54) is 0 Å². The number of nitrogen functional groups attached to an aromatic ring is 1. The second-order valence-electron chi connectivity index (χ2n) is 6.12. The molecule has 19 heavy (non-hydrogen) atoms. The Morgan fingerprint density at radius 3 is 2.47 bits per heavy atom. The van der Waals surface area contributed by atoms with Gasteiger partial charge in [0, 0.05) is 19.8 Å². The highest BCUT2D eigenvalue weighted by Gasteiger charge is 2.16. The van der Waals surface area contributed by atoms with Crippen LogP contribution < -0.4 is 10.6 Å². The van der Waals surface area contributed by atoms with Crippen LogP contribution in [0.1, 0.15) is 37.6 Å². The van der Waals surface area contributed by atoms with Crippen molar-refractivity contribution in [1.82, 2.24) is 0 Å². The fourth-order valence-electron chi connectivity index (χ4n) is 1.63. The number of anilines is 2. The number of carbonyl (C=O) groups is 1. The lowest BCUT2D eigenvalue weighted by Gasteiger charge is -2.19. The molecule has 0 saturated heterocycles. The summed E-state index contributed by atoms with van der Waals surface area (Å²) in [6.45, 7) is 6.77. The lowest BCUT2D eigenvalue weighted by molar-refractivity contribution is 0.0465. The van der Waals surface area contributed by atoms with Crippen molar-refractivity contribution in [2.45, 2.75) is 27.2 Å². The van der Waals surface area contributed by atoms with Gasteiger partial charge in [-0.2, -0.15) is 0 Å². The number of nitrogens with two attached hydrogens (primary N) is 1. The van der Waals surface area contributed by atoms with Gasteiger partial charge in [0.2, 0.25) is 0 Å². The van der Waals surface area contributed by atoms with Crippen molar-refractivity contribution in [3.8, 4) is 0 Å². The van der Waals surface area contributed by atoms with Crippen LogP contribution in [0.3, 0.4) is 0 Å². The molecule has 106 valence electrons. The van der Waals surface area contributed by atoms with Crippen molar-refractivity contribution in [2.24, 2.45) is 5.41 Å². The second kappa shape index (κ2) is 5.95. The predicted molar refractivity (Wildman–Crippen MR) is 79.5 cm³/mol. The summed E-state index contributed by atoms with van der Waals surface area (Å²) < 4.78 is 5.33. The van der Waals surface area contributed by atoms with Crippen LogP contribution in [-0.4, -0.2) is 26.7 Å². The quantitative estimate of drug-likeness (QED) is 0.671. The predicted octanol–water partition coefficient (Wildman–Crippen LogP) is 2.93. The zero-order valence-electron chi connectivity index (χ0n) is 12.5. The number of ether oxygens (including phenoxy) is 1. The van der Waals surface area contributed by atoms with E-state index in [0.29, 0.717) is 17.9 Å². The highest BCUT2D eigenvalue weighted by atomic mass is 16.5. The Bertz CT molecular complexity index is 448. The Morgan fingerprint density at radius 1 is 1.32 bits per heavy atom. The molecule has 0 spiro atoms. The Hall–Kier alpha value is -1.71. The first kappa shape index (κ1) is 15.3. The number of rotatable bonds is 4. The molecule has 1 rings (SSSR count). The standard InChI is InChI=1S/C15H24N2O2/c1-15(2,3)8-9-19-14(18)12-10-11(16)6-7-13(12)17(4)5/h6-7,10H,8-9,16H2,1-5H3. The molecule has 4 nitrogen and oxygen atoms in total. The van der Waals surface area contributed by atoms with E-state index in [1.54, 1.807) is 12.1 Å². The Morgan fingerprint density at radius 2 is 1.95 bits per heavy atom. The first-order valence-corrected chi connectivity index (χ1v) is 6.45. The van der Waals surface area contributed by atoms with Gasteiger partial charge in [0.05, 0.1) is 17.9 Å². The summed E-state index contributed by atoms with van der Waals surface area (Å²) in [5.41, 5.74) is 7.78. The highest BCUT2D eigenvalue weighted by Crippen LogP contribution is 2.23. The average molecular weight is 264 g/mol. The van der Waals surface area contributed by atoms with Gasteiger partial charge < -0.3 is 15.4 Å². The third-order valence-electron chi connectivity index (χ3n) is 2.81. The van der Waals surface area contributed by atoms with E-state index in [2.05, 4.69) is 20.8 Å². The van der Waals surface area contributed by atoms with Crippen LogP contribution >= 0.6 is 0 Å². The summed E-state index contributed by atoms with van der Waals surface area (Å²) in [5, 5.41) is 0. The summed E-state index contributed by atoms with van der Waals surface area (Å²) in [4.78, 5) is 14.0. The average Bonchev–Trinajstić information content (AvgIpc) is 2.26. The first-order valence-electron chi connectivity index (χ1n) is 6.45. The largest absolute Gasteiger partial charge is 0.462 e. The number of nitrogens with zero attached hydrogens (tertiary/aromatic N) is 1. The molecule has 2 N–H and O–H groups in total. The zero-order chi connectivity index (χ0) is 14.6. The van der Waals surface area contributed by atoms with E-state index in [4.69, 9.17) is 10.5 Å². The van der Waals surface area contributed by atoms with Crippen molar-refractivity contribution < 1.29 is 9.53 Å². The van der Waals surface area contributed by atoms with E-state index < -0.39 is 0 Å². The number of esters is 1. The van der Waals surface area contributed by atoms with E-state index in [0.717, 1.165) is 12.1 Å². The molecule has 0 saturated carbocycles. The molecular weight excluding hydrogens is 240 g/mol. The van der Waals surface area contributed by atoms with Gasteiger partial charge in [-0.05, 0) is 30.0 Å². The summed E-state index contributed by atoms with van der Waals surface area (Å²) in [5.74, 6) is -0.319. The van der Waals surface area contributed by atoms with Crippen LogP contribution in [0.5, 0.6) is 0 Å². The molecule has 1 aromatic rings. The van der Waals surface area contributed by atoms with Crippen LogP contribution in [-0.2, 0) is 4.74 Å². The molecule has 4 heteroatoms. The van der Waals surface area contributed by atoms with Crippen LogP contribution in [0.25, 0.3) is 0 Å². The molecule has 0 aliphatic carbocycles. The van der Waals surface area contributed by atoms with Gasteiger partial charge >= 0.3 is 5.97 Å². The van der Waals surface area contributed by atoms with E-state index in [9.17, 15) is 4.79 Å².